The number of nitrogens with one attached hydrogen (secondary N) is 1. The Kier molecular flexibility index (Phi) is 5.67. The Morgan fingerprint density at radius 3 is 2.62 bits per heavy atom. The van der Waals surface area contributed by atoms with Crippen LogP contribution < -0.4 is 5.32 Å². The van der Waals surface area contributed by atoms with E-state index in [1.54, 1.807) is 11.3 Å². The Bertz CT molecular complexity index is 798. The Morgan fingerprint density at radius 1 is 1.12 bits per heavy atom. The fraction of sp³-hybridized carbons (Fsp3) is 0.158. The molecule has 1 heterocycles. The van der Waals surface area contributed by atoms with Gasteiger partial charge in [0, 0.05) is 17.5 Å². The number of rotatable bonds is 6. The summed E-state index contributed by atoms with van der Waals surface area (Å²) in [4.78, 5) is 16.6. The van der Waals surface area contributed by atoms with Gasteiger partial charge in [-0.2, -0.15) is 0 Å². The molecule has 0 radical (unpaired) electrons. The lowest BCUT2D eigenvalue weighted by molar-refractivity contribution is -0.118. The maximum absolute atomic E-state index is 12.0. The van der Waals surface area contributed by atoms with Gasteiger partial charge in [0.15, 0.2) is 4.34 Å². The van der Waals surface area contributed by atoms with Gasteiger partial charge in [-0.15, -0.1) is 11.3 Å². The van der Waals surface area contributed by atoms with Crippen LogP contribution in [0.1, 0.15) is 11.1 Å². The van der Waals surface area contributed by atoms with E-state index in [9.17, 15) is 4.79 Å². The van der Waals surface area contributed by atoms with E-state index in [0.29, 0.717) is 12.3 Å². The number of aromatic nitrogens is 1. The minimum atomic E-state index is 0.0250. The fourth-order valence-electron chi connectivity index (χ4n) is 2.15. The van der Waals surface area contributed by atoms with Crippen molar-refractivity contribution in [1.82, 2.24) is 10.3 Å². The zero-order valence-corrected chi connectivity index (χ0v) is 15.0. The quantitative estimate of drug-likeness (QED) is 0.662. The second-order valence-electron chi connectivity index (χ2n) is 5.42. The first-order valence-corrected chi connectivity index (χ1v) is 9.53. The Balaban J connectivity index is 1.48. The maximum atomic E-state index is 12.0. The number of thioether (sulfide) groups is 1. The SMILES string of the molecule is Cc1ccc(CNC(=O)CSc2nc(-c3ccccc3)cs2)cc1. The third-order valence-electron chi connectivity index (χ3n) is 3.49. The van der Waals surface area contributed by atoms with Crippen LogP contribution in [0, 0.1) is 6.92 Å². The van der Waals surface area contributed by atoms with Crippen LogP contribution in [0.15, 0.2) is 64.3 Å². The molecule has 5 heteroatoms. The molecule has 0 saturated carbocycles. The molecule has 0 unspecified atom stereocenters. The van der Waals surface area contributed by atoms with Crippen molar-refractivity contribution in [3.05, 3.63) is 71.1 Å². The van der Waals surface area contributed by atoms with Crippen molar-refractivity contribution in [1.29, 1.82) is 0 Å². The average Bonchev–Trinajstić information content (AvgIpc) is 3.09. The van der Waals surface area contributed by atoms with Gasteiger partial charge >= 0.3 is 0 Å². The lowest BCUT2D eigenvalue weighted by atomic mass is 10.1. The summed E-state index contributed by atoms with van der Waals surface area (Å²) in [5.41, 5.74) is 4.39. The summed E-state index contributed by atoms with van der Waals surface area (Å²) in [6.07, 6.45) is 0. The molecule has 0 atom stereocenters. The Morgan fingerprint density at radius 2 is 1.88 bits per heavy atom. The van der Waals surface area contributed by atoms with Gasteiger partial charge in [0.2, 0.25) is 5.91 Å². The molecule has 0 fully saturated rings. The molecule has 1 N–H and O–H groups in total. The van der Waals surface area contributed by atoms with Gasteiger partial charge in [-0.25, -0.2) is 4.98 Å². The van der Waals surface area contributed by atoms with E-state index < -0.39 is 0 Å². The van der Waals surface area contributed by atoms with Crippen molar-refractivity contribution in [2.75, 3.05) is 5.75 Å². The number of nitrogens with zero attached hydrogens (tertiary/aromatic N) is 1. The van der Waals surface area contributed by atoms with Gasteiger partial charge in [0.1, 0.15) is 0 Å². The largest absolute Gasteiger partial charge is 0.351 e. The molecule has 0 bridgehead atoms. The molecule has 2 aromatic carbocycles. The number of benzene rings is 2. The topological polar surface area (TPSA) is 42.0 Å². The van der Waals surface area contributed by atoms with Crippen molar-refractivity contribution >= 4 is 29.0 Å². The molecule has 3 nitrogen and oxygen atoms in total. The van der Waals surface area contributed by atoms with Crippen LogP contribution in [0.25, 0.3) is 11.3 Å². The monoisotopic (exact) mass is 354 g/mol. The third-order valence-corrected chi connectivity index (χ3v) is 5.51. The van der Waals surface area contributed by atoms with Crippen LogP contribution in [0.3, 0.4) is 0 Å². The summed E-state index contributed by atoms with van der Waals surface area (Å²) in [7, 11) is 0. The summed E-state index contributed by atoms with van der Waals surface area (Å²) in [5.74, 6) is 0.408. The van der Waals surface area contributed by atoms with Crippen LogP contribution in [-0.4, -0.2) is 16.6 Å². The molecule has 0 spiro atoms. The van der Waals surface area contributed by atoms with E-state index in [-0.39, 0.29) is 5.91 Å². The number of hydrogen-bond acceptors (Lipinski definition) is 4. The smallest absolute Gasteiger partial charge is 0.230 e. The van der Waals surface area contributed by atoms with E-state index in [1.807, 2.05) is 47.8 Å². The maximum Gasteiger partial charge on any atom is 0.230 e. The van der Waals surface area contributed by atoms with Gasteiger partial charge in [0.25, 0.3) is 0 Å². The van der Waals surface area contributed by atoms with Crippen molar-refractivity contribution in [3.8, 4) is 11.3 Å². The molecule has 3 rings (SSSR count). The minimum Gasteiger partial charge on any atom is -0.351 e. The zero-order chi connectivity index (χ0) is 16.8. The fourth-order valence-corrected chi connectivity index (χ4v) is 3.82. The lowest BCUT2D eigenvalue weighted by Gasteiger charge is -2.05. The Hall–Kier alpha value is -2.11. The van der Waals surface area contributed by atoms with Crippen LogP contribution >= 0.6 is 23.1 Å². The number of aryl methyl sites for hydroxylation is 1. The van der Waals surface area contributed by atoms with Gasteiger partial charge in [-0.1, -0.05) is 71.9 Å². The highest BCUT2D eigenvalue weighted by Gasteiger charge is 2.08. The molecule has 0 aliphatic heterocycles. The van der Waals surface area contributed by atoms with E-state index in [1.165, 1.54) is 17.3 Å². The number of thiazole rings is 1. The normalized spacial score (nSPS) is 10.5. The molecule has 0 aliphatic rings. The first kappa shape index (κ1) is 16.7. The molecule has 3 aromatic rings. The Labute approximate surface area is 150 Å². The van der Waals surface area contributed by atoms with Gasteiger partial charge in [-0.05, 0) is 12.5 Å². The lowest BCUT2D eigenvalue weighted by Crippen LogP contribution is -2.24. The number of hydrogen-bond donors (Lipinski definition) is 1. The minimum absolute atomic E-state index is 0.0250. The van der Waals surface area contributed by atoms with Gasteiger partial charge < -0.3 is 5.32 Å². The van der Waals surface area contributed by atoms with Crippen LogP contribution in [0.5, 0.6) is 0 Å². The average molecular weight is 355 g/mol. The van der Waals surface area contributed by atoms with Gasteiger partial charge in [0.05, 0.1) is 11.4 Å². The summed E-state index contributed by atoms with van der Waals surface area (Å²) in [5, 5.41) is 4.97. The van der Waals surface area contributed by atoms with Gasteiger partial charge in [-0.3, -0.25) is 4.79 Å². The molecular formula is C19H18N2OS2. The molecule has 24 heavy (non-hydrogen) atoms. The van der Waals surface area contributed by atoms with E-state index in [4.69, 9.17) is 0 Å². The summed E-state index contributed by atoms with van der Waals surface area (Å²) in [6, 6.07) is 18.2. The number of amides is 1. The molecule has 1 amide bonds. The second kappa shape index (κ2) is 8.13. The molecule has 0 saturated heterocycles. The van der Waals surface area contributed by atoms with Crippen LogP contribution in [0.4, 0.5) is 0 Å². The zero-order valence-electron chi connectivity index (χ0n) is 13.4. The summed E-state index contributed by atoms with van der Waals surface area (Å²) >= 11 is 3.05. The molecular weight excluding hydrogens is 336 g/mol. The van der Waals surface area contributed by atoms with E-state index in [2.05, 4.69) is 29.4 Å². The third kappa shape index (κ3) is 4.69. The van der Waals surface area contributed by atoms with Crippen molar-refractivity contribution < 1.29 is 4.79 Å². The molecule has 0 aliphatic carbocycles. The van der Waals surface area contributed by atoms with Crippen molar-refractivity contribution in [3.63, 3.8) is 0 Å². The molecule has 1 aromatic heterocycles. The molecule has 122 valence electrons. The predicted octanol–water partition coefficient (Wildman–Crippen LogP) is 4.53. The van der Waals surface area contributed by atoms with E-state index >= 15 is 0 Å². The number of carbonyl (C=O) groups excluding carboxylic acids is 1. The highest BCUT2D eigenvalue weighted by Crippen LogP contribution is 2.27. The van der Waals surface area contributed by atoms with Crippen LogP contribution in [-0.2, 0) is 11.3 Å². The first-order valence-electron chi connectivity index (χ1n) is 7.67. The van der Waals surface area contributed by atoms with E-state index in [0.717, 1.165) is 21.2 Å². The highest BCUT2D eigenvalue weighted by atomic mass is 32.2. The van der Waals surface area contributed by atoms with Crippen LogP contribution in [0.2, 0.25) is 0 Å². The highest BCUT2D eigenvalue weighted by molar-refractivity contribution is 8.01. The van der Waals surface area contributed by atoms with Crippen molar-refractivity contribution in [2.45, 2.75) is 17.8 Å². The standard InChI is InChI=1S/C19H18N2OS2/c1-14-7-9-15(10-8-14)11-20-18(22)13-24-19-21-17(12-23-19)16-5-3-2-4-6-16/h2-10,12H,11,13H2,1H3,(H,20,22). The predicted molar refractivity (Wildman–Crippen MR) is 101 cm³/mol. The van der Waals surface area contributed by atoms with Crippen molar-refractivity contribution in [2.24, 2.45) is 0 Å². The summed E-state index contributed by atoms with van der Waals surface area (Å²) in [6.45, 7) is 2.61. The second-order valence-corrected chi connectivity index (χ2v) is 7.50. The number of carbonyl (C=O) groups is 1. The summed E-state index contributed by atoms with van der Waals surface area (Å²) < 4.78 is 0.916. The first-order chi connectivity index (χ1) is 11.7.